The number of aryl methyl sites for hydroxylation is 2. The van der Waals surface area contributed by atoms with E-state index in [9.17, 15) is 9.59 Å². The number of nitrogens with zero attached hydrogens (tertiary/aromatic N) is 1. The van der Waals surface area contributed by atoms with Gasteiger partial charge in [-0.1, -0.05) is 85.6 Å². The van der Waals surface area contributed by atoms with Crippen molar-refractivity contribution in [1.29, 1.82) is 0 Å². The van der Waals surface area contributed by atoms with Crippen molar-refractivity contribution in [2.45, 2.75) is 53.1 Å². The van der Waals surface area contributed by atoms with E-state index in [2.05, 4.69) is 25.2 Å². The first kappa shape index (κ1) is 27.0. The highest BCUT2D eigenvalue weighted by atomic mass is 16.5. The van der Waals surface area contributed by atoms with E-state index in [1.807, 2.05) is 80.6 Å². The summed E-state index contributed by atoms with van der Waals surface area (Å²) in [6.07, 6.45) is 0.669. The maximum Gasteiger partial charge on any atom is 0.243 e. The molecule has 0 aliphatic carbocycles. The van der Waals surface area contributed by atoms with Gasteiger partial charge in [-0.25, -0.2) is 0 Å². The number of hydrogen-bond donors (Lipinski definition) is 1. The van der Waals surface area contributed by atoms with Gasteiger partial charge in [0.1, 0.15) is 11.8 Å². The number of benzene rings is 3. The minimum absolute atomic E-state index is 0.0801. The molecule has 36 heavy (non-hydrogen) atoms. The Hall–Kier alpha value is -3.60. The van der Waals surface area contributed by atoms with Crippen molar-refractivity contribution in [3.8, 4) is 5.75 Å². The Kier molecular flexibility index (Phi) is 9.69. The van der Waals surface area contributed by atoms with Crippen LogP contribution in [0.3, 0.4) is 0 Å². The van der Waals surface area contributed by atoms with Crippen molar-refractivity contribution in [1.82, 2.24) is 10.2 Å². The molecule has 5 nitrogen and oxygen atoms in total. The predicted molar refractivity (Wildman–Crippen MR) is 145 cm³/mol. The molecule has 5 heteroatoms. The zero-order chi connectivity index (χ0) is 26.1. The summed E-state index contributed by atoms with van der Waals surface area (Å²) in [6.45, 7) is 9.06. The quantitative estimate of drug-likeness (QED) is 0.402. The van der Waals surface area contributed by atoms with E-state index < -0.39 is 6.04 Å². The van der Waals surface area contributed by atoms with Gasteiger partial charge in [0.2, 0.25) is 11.8 Å². The average molecular weight is 487 g/mol. The van der Waals surface area contributed by atoms with Crippen molar-refractivity contribution in [3.05, 3.63) is 101 Å². The molecule has 0 heterocycles. The molecule has 3 aromatic carbocycles. The Balaban J connectivity index is 1.99. The summed E-state index contributed by atoms with van der Waals surface area (Å²) in [6, 6.07) is 23.1. The summed E-state index contributed by atoms with van der Waals surface area (Å²) in [5.74, 6) is 0.815. The van der Waals surface area contributed by atoms with E-state index in [0.29, 0.717) is 25.4 Å². The van der Waals surface area contributed by atoms with Crippen LogP contribution in [0.4, 0.5) is 0 Å². The third-order valence-electron chi connectivity index (χ3n) is 6.08. The summed E-state index contributed by atoms with van der Waals surface area (Å²) < 4.78 is 5.40. The third kappa shape index (κ3) is 7.98. The van der Waals surface area contributed by atoms with Crippen LogP contribution in [0, 0.1) is 19.8 Å². The molecule has 3 rings (SSSR count). The third-order valence-corrected chi connectivity index (χ3v) is 6.08. The molecule has 0 unspecified atom stereocenters. The van der Waals surface area contributed by atoms with Gasteiger partial charge in [0, 0.05) is 19.5 Å². The fourth-order valence-corrected chi connectivity index (χ4v) is 4.39. The zero-order valence-corrected chi connectivity index (χ0v) is 22.1. The van der Waals surface area contributed by atoms with Crippen molar-refractivity contribution >= 4 is 11.8 Å². The molecule has 1 N–H and O–H groups in total. The molecule has 0 saturated carbocycles. The van der Waals surface area contributed by atoms with E-state index in [-0.39, 0.29) is 18.2 Å². The summed E-state index contributed by atoms with van der Waals surface area (Å²) in [4.78, 5) is 29.2. The van der Waals surface area contributed by atoms with Crippen LogP contribution in [0.25, 0.3) is 0 Å². The van der Waals surface area contributed by atoms with Crippen LogP contribution in [0.2, 0.25) is 0 Å². The zero-order valence-electron chi connectivity index (χ0n) is 22.1. The first-order valence-electron chi connectivity index (χ1n) is 12.6. The maximum atomic E-state index is 13.9. The van der Waals surface area contributed by atoms with Gasteiger partial charge in [-0.05, 0) is 48.6 Å². The molecule has 0 saturated heterocycles. The number of carbonyl (C=O) groups is 2. The van der Waals surface area contributed by atoms with Crippen LogP contribution in [-0.2, 0) is 29.0 Å². The monoisotopic (exact) mass is 486 g/mol. The van der Waals surface area contributed by atoms with Crippen molar-refractivity contribution in [2.24, 2.45) is 5.92 Å². The molecule has 0 bridgehead atoms. The molecular formula is C31H38N2O3. The van der Waals surface area contributed by atoms with E-state index in [4.69, 9.17) is 4.74 Å². The molecule has 2 amide bonds. The fourth-order valence-electron chi connectivity index (χ4n) is 4.39. The van der Waals surface area contributed by atoms with Gasteiger partial charge < -0.3 is 15.0 Å². The molecule has 0 aliphatic heterocycles. The number of ether oxygens (including phenoxy) is 1. The molecule has 3 aromatic rings. The number of methoxy groups -OCH3 is 1. The van der Waals surface area contributed by atoms with Crippen LogP contribution in [0.5, 0.6) is 5.75 Å². The molecule has 1 atom stereocenters. The number of nitrogens with one attached hydrogen (secondary N) is 1. The van der Waals surface area contributed by atoms with E-state index in [1.165, 1.54) is 0 Å². The minimum atomic E-state index is -0.643. The summed E-state index contributed by atoms with van der Waals surface area (Å²) in [5, 5.41) is 3.07. The lowest BCUT2D eigenvalue weighted by Crippen LogP contribution is -2.51. The van der Waals surface area contributed by atoms with E-state index in [0.717, 1.165) is 33.6 Å². The topological polar surface area (TPSA) is 58.6 Å². The predicted octanol–water partition coefficient (Wildman–Crippen LogP) is 5.27. The van der Waals surface area contributed by atoms with Crippen LogP contribution in [-0.4, -0.2) is 36.4 Å². The van der Waals surface area contributed by atoms with Crippen LogP contribution in [0.15, 0.2) is 72.8 Å². The lowest BCUT2D eigenvalue weighted by molar-refractivity contribution is -0.140. The van der Waals surface area contributed by atoms with Crippen LogP contribution >= 0.6 is 0 Å². The number of hydrogen-bond acceptors (Lipinski definition) is 3. The lowest BCUT2D eigenvalue weighted by Gasteiger charge is -2.32. The SMILES string of the molecule is COc1cccc(CN(C(=O)Cc2cc(C)cc(C)c2)[C@H](Cc2ccccc2)C(=O)NCC(C)C)c1. The normalized spacial score (nSPS) is 11.7. The molecule has 0 radical (unpaired) electrons. The summed E-state index contributed by atoms with van der Waals surface area (Å²) in [7, 11) is 1.62. The van der Waals surface area contributed by atoms with Gasteiger partial charge in [0.05, 0.1) is 13.5 Å². The lowest BCUT2D eigenvalue weighted by atomic mass is 10.00. The van der Waals surface area contributed by atoms with E-state index >= 15 is 0 Å². The molecule has 0 fully saturated rings. The highest BCUT2D eigenvalue weighted by Gasteiger charge is 2.30. The molecule has 190 valence electrons. The van der Waals surface area contributed by atoms with E-state index in [1.54, 1.807) is 12.0 Å². The molecule has 0 aromatic heterocycles. The van der Waals surface area contributed by atoms with Gasteiger partial charge in [0.25, 0.3) is 0 Å². The van der Waals surface area contributed by atoms with Crippen molar-refractivity contribution < 1.29 is 14.3 Å². The van der Waals surface area contributed by atoms with Gasteiger partial charge in [-0.15, -0.1) is 0 Å². The number of amides is 2. The van der Waals surface area contributed by atoms with Gasteiger partial charge in [-0.3, -0.25) is 9.59 Å². The van der Waals surface area contributed by atoms with Crippen LogP contribution < -0.4 is 10.1 Å². The smallest absolute Gasteiger partial charge is 0.243 e. The Morgan fingerprint density at radius 1 is 0.861 bits per heavy atom. The van der Waals surface area contributed by atoms with Crippen molar-refractivity contribution in [3.63, 3.8) is 0 Å². The standard InChI is InChI=1S/C31H38N2O3/c1-22(2)20-32-31(35)29(18-25-10-7-6-8-11-25)33(21-26-12-9-13-28(17-26)36-5)30(34)19-27-15-23(3)14-24(4)16-27/h6-17,22,29H,18-21H2,1-5H3,(H,32,35)/t29-/m1/s1. The second-order valence-electron chi connectivity index (χ2n) is 9.89. The number of carbonyl (C=O) groups excluding carboxylic acids is 2. The van der Waals surface area contributed by atoms with Crippen LogP contribution in [0.1, 0.15) is 41.7 Å². The largest absolute Gasteiger partial charge is 0.497 e. The Morgan fingerprint density at radius 2 is 1.53 bits per heavy atom. The maximum absolute atomic E-state index is 13.9. The minimum Gasteiger partial charge on any atom is -0.497 e. The molecular weight excluding hydrogens is 448 g/mol. The summed E-state index contributed by atoms with van der Waals surface area (Å²) >= 11 is 0. The fraction of sp³-hybridized carbons (Fsp3) is 0.355. The molecule has 0 spiro atoms. The average Bonchev–Trinajstić information content (AvgIpc) is 2.84. The second kappa shape index (κ2) is 12.9. The Bertz CT molecular complexity index is 1140. The number of rotatable bonds is 11. The Morgan fingerprint density at radius 3 is 2.17 bits per heavy atom. The van der Waals surface area contributed by atoms with Gasteiger partial charge in [0.15, 0.2) is 0 Å². The first-order valence-corrected chi connectivity index (χ1v) is 12.6. The summed E-state index contributed by atoms with van der Waals surface area (Å²) in [5.41, 5.74) is 5.12. The first-order chi connectivity index (χ1) is 17.2. The van der Waals surface area contributed by atoms with Crippen molar-refractivity contribution in [2.75, 3.05) is 13.7 Å². The van der Waals surface area contributed by atoms with Gasteiger partial charge >= 0.3 is 0 Å². The van der Waals surface area contributed by atoms with Gasteiger partial charge in [-0.2, -0.15) is 0 Å². The highest BCUT2D eigenvalue weighted by molar-refractivity contribution is 5.88. The Labute approximate surface area is 215 Å². The highest BCUT2D eigenvalue weighted by Crippen LogP contribution is 2.20. The molecule has 0 aliphatic rings. The second-order valence-corrected chi connectivity index (χ2v) is 9.89.